The topological polar surface area (TPSA) is 55.6 Å². The highest BCUT2D eigenvalue weighted by molar-refractivity contribution is 5.94. The first-order valence-electron chi connectivity index (χ1n) is 8.84. The summed E-state index contributed by atoms with van der Waals surface area (Å²) in [4.78, 5) is 18.5. The Kier molecular flexibility index (Phi) is 5.63. The average Bonchev–Trinajstić information content (AvgIpc) is 3.13. The maximum absolute atomic E-state index is 12.8. The summed E-state index contributed by atoms with van der Waals surface area (Å²) in [6.45, 7) is 1.82. The number of carbonyl (C=O) groups excluding carboxylic acids is 1. The van der Waals surface area contributed by atoms with E-state index in [-0.39, 0.29) is 24.0 Å². The van der Waals surface area contributed by atoms with Gasteiger partial charge in [-0.15, -0.1) is 0 Å². The van der Waals surface area contributed by atoms with Crippen molar-refractivity contribution >= 4 is 11.7 Å². The second-order valence-corrected chi connectivity index (χ2v) is 6.43. The second kappa shape index (κ2) is 7.98. The van der Waals surface area contributed by atoms with Crippen molar-refractivity contribution in [1.29, 1.82) is 0 Å². The average molecular weight is 404 g/mol. The lowest BCUT2D eigenvalue weighted by molar-refractivity contribution is -0.137. The molecule has 5 nitrogen and oxygen atoms in total. The Morgan fingerprint density at radius 2 is 1.62 bits per heavy atom. The zero-order valence-electron chi connectivity index (χ0n) is 16.1. The van der Waals surface area contributed by atoms with Gasteiger partial charge < -0.3 is 14.1 Å². The molecule has 1 heterocycles. The SMILES string of the molecule is CCOC(=O)c1nc(-c2ccc(C(F)(F)F)cc2)oc1-c1ccc(N(C)C)cc1. The lowest BCUT2D eigenvalue weighted by Crippen LogP contribution is -2.08. The number of hydrogen-bond acceptors (Lipinski definition) is 5. The number of rotatable bonds is 5. The molecule has 2 aromatic carbocycles. The molecule has 0 amide bonds. The van der Waals surface area contributed by atoms with Gasteiger partial charge in [-0.2, -0.15) is 13.2 Å². The summed E-state index contributed by atoms with van der Waals surface area (Å²) in [6, 6.07) is 11.6. The number of carbonyl (C=O) groups is 1. The maximum Gasteiger partial charge on any atom is 0.416 e. The lowest BCUT2D eigenvalue weighted by atomic mass is 10.1. The van der Waals surface area contributed by atoms with Crippen molar-refractivity contribution in [2.45, 2.75) is 13.1 Å². The summed E-state index contributed by atoms with van der Waals surface area (Å²) in [5.41, 5.74) is 1.07. The molecule has 152 valence electrons. The van der Waals surface area contributed by atoms with Crippen LogP contribution in [0.1, 0.15) is 23.0 Å². The van der Waals surface area contributed by atoms with E-state index >= 15 is 0 Å². The number of anilines is 1. The Labute approximate surface area is 165 Å². The number of oxazole rings is 1. The summed E-state index contributed by atoms with van der Waals surface area (Å²) in [7, 11) is 3.80. The third-order valence-corrected chi connectivity index (χ3v) is 4.20. The molecule has 3 aromatic rings. The molecular formula is C21H19F3N2O3. The van der Waals surface area contributed by atoms with E-state index in [0.717, 1.165) is 17.8 Å². The van der Waals surface area contributed by atoms with E-state index in [1.807, 2.05) is 31.1 Å². The molecule has 8 heteroatoms. The van der Waals surface area contributed by atoms with Crippen molar-refractivity contribution in [3.05, 3.63) is 59.8 Å². The quantitative estimate of drug-likeness (QED) is 0.542. The Morgan fingerprint density at radius 1 is 1.03 bits per heavy atom. The number of hydrogen-bond donors (Lipinski definition) is 0. The highest BCUT2D eigenvalue weighted by Gasteiger charge is 2.30. The van der Waals surface area contributed by atoms with Crippen LogP contribution >= 0.6 is 0 Å². The highest BCUT2D eigenvalue weighted by Crippen LogP contribution is 2.34. The number of aromatic nitrogens is 1. The zero-order valence-corrected chi connectivity index (χ0v) is 16.1. The van der Waals surface area contributed by atoms with Gasteiger partial charge in [0.2, 0.25) is 5.89 Å². The molecule has 0 saturated heterocycles. The molecular weight excluding hydrogens is 385 g/mol. The van der Waals surface area contributed by atoms with Gasteiger partial charge in [0.1, 0.15) is 0 Å². The van der Waals surface area contributed by atoms with Crippen LogP contribution in [-0.4, -0.2) is 31.7 Å². The van der Waals surface area contributed by atoms with Crippen molar-refractivity contribution in [3.8, 4) is 22.8 Å². The minimum atomic E-state index is -4.44. The molecule has 0 aliphatic carbocycles. The Hall–Kier alpha value is -3.29. The minimum absolute atomic E-state index is 0.0284. The molecule has 1 aromatic heterocycles. The summed E-state index contributed by atoms with van der Waals surface area (Å²) < 4.78 is 49.2. The van der Waals surface area contributed by atoms with Gasteiger partial charge in [0.25, 0.3) is 0 Å². The number of benzene rings is 2. The normalized spacial score (nSPS) is 11.4. The van der Waals surface area contributed by atoms with Crippen LogP contribution in [0.4, 0.5) is 18.9 Å². The van der Waals surface area contributed by atoms with Gasteiger partial charge in [0.05, 0.1) is 12.2 Å². The van der Waals surface area contributed by atoms with Crippen molar-refractivity contribution in [2.75, 3.05) is 25.6 Å². The number of alkyl halides is 3. The minimum Gasteiger partial charge on any atom is -0.461 e. The summed E-state index contributed by atoms with van der Waals surface area (Å²) in [6.07, 6.45) is -4.44. The molecule has 0 N–H and O–H groups in total. The highest BCUT2D eigenvalue weighted by atomic mass is 19.4. The number of nitrogens with zero attached hydrogens (tertiary/aromatic N) is 2. The van der Waals surface area contributed by atoms with Crippen LogP contribution in [0.25, 0.3) is 22.8 Å². The van der Waals surface area contributed by atoms with Crippen molar-refractivity contribution in [2.24, 2.45) is 0 Å². The predicted octanol–water partition coefficient (Wildman–Crippen LogP) is 5.27. The number of esters is 1. The van der Waals surface area contributed by atoms with Gasteiger partial charge in [-0.3, -0.25) is 0 Å². The van der Waals surface area contributed by atoms with Crippen LogP contribution in [-0.2, 0) is 10.9 Å². The van der Waals surface area contributed by atoms with E-state index in [1.54, 1.807) is 19.1 Å². The van der Waals surface area contributed by atoms with E-state index in [2.05, 4.69) is 4.98 Å². The maximum atomic E-state index is 12.8. The third-order valence-electron chi connectivity index (χ3n) is 4.20. The molecule has 0 unspecified atom stereocenters. The fourth-order valence-electron chi connectivity index (χ4n) is 2.69. The van der Waals surface area contributed by atoms with Crippen molar-refractivity contribution in [1.82, 2.24) is 4.98 Å². The molecule has 0 atom stereocenters. The van der Waals surface area contributed by atoms with Crippen LogP contribution in [0.15, 0.2) is 52.9 Å². The summed E-state index contributed by atoms with van der Waals surface area (Å²) in [5, 5.41) is 0. The molecule has 0 radical (unpaired) electrons. The van der Waals surface area contributed by atoms with E-state index in [4.69, 9.17) is 9.15 Å². The lowest BCUT2D eigenvalue weighted by Gasteiger charge is -2.12. The monoisotopic (exact) mass is 404 g/mol. The van der Waals surface area contributed by atoms with Crippen LogP contribution < -0.4 is 4.90 Å². The van der Waals surface area contributed by atoms with Gasteiger partial charge in [0.15, 0.2) is 11.5 Å². The Morgan fingerprint density at radius 3 is 2.14 bits per heavy atom. The smallest absolute Gasteiger partial charge is 0.416 e. The molecule has 0 fully saturated rings. The van der Waals surface area contributed by atoms with E-state index in [0.29, 0.717) is 11.1 Å². The van der Waals surface area contributed by atoms with Crippen LogP contribution in [0.2, 0.25) is 0 Å². The van der Waals surface area contributed by atoms with Crippen molar-refractivity contribution < 1.29 is 27.1 Å². The predicted molar refractivity (Wildman–Crippen MR) is 103 cm³/mol. The Balaban J connectivity index is 2.04. The van der Waals surface area contributed by atoms with Gasteiger partial charge in [-0.1, -0.05) is 0 Å². The zero-order chi connectivity index (χ0) is 21.2. The third kappa shape index (κ3) is 4.42. The summed E-state index contributed by atoms with van der Waals surface area (Å²) in [5.74, 6) is -0.432. The van der Waals surface area contributed by atoms with Gasteiger partial charge in [-0.25, -0.2) is 9.78 Å². The van der Waals surface area contributed by atoms with Crippen molar-refractivity contribution in [3.63, 3.8) is 0 Å². The Bertz CT molecular complexity index is 992. The van der Waals surface area contributed by atoms with Gasteiger partial charge in [0, 0.05) is 30.9 Å². The van der Waals surface area contributed by atoms with Crippen LogP contribution in [0.5, 0.6) is 0 Å². The van der Waals surface area contributed by atoms with Crippen LogP contribution in [0, 0.1) is 0 Å². The summed E-state index contributed by atoms with van der Waals surface area (Å²) >= 11 is 0. The van der Waals surface area contributed by atoms with E-state index in [1.165, 1.54) is 12.1 Å². The largest absolute Gasteiger partial charge is 0.461 e. The molecule has 0 aliphatic rings. The molecule has 0 spiro atoms. The first kappa shape index (κ1) is 20.4. The second-order valence-electron chi connectivity index (χ2n) is 6.43. The van der Waals surface area contributed by atoms with Gasteiger partial charge in [-0.05, 0) is 55.5 Å². The molecule has 0 bridgehead atoms. The molecule has 0 saturated carbocycles. The fraction of sp³-hybridized carbons (Fsp3) is 0.238. The van der Waals surface area contributed by atoms with Crippen LogP contribution in [0.3, 0.4) is 0 Å². The molecule has 3 rings (SSSR count). The molecule has 29 heavy (non-hydrogen) atoms. The van der Waals surface area contributed by atoms with E-state index in [9.17, 15) is 18.0 Å². The fourth-order valence-corrected chi connectivity index (χ4v) is 2.69. The first-order valence-corrected chi connectivity index (χ1v) is 8.84. The standard InChI is InChI=1S/C21H19F3N2O3/c1-4-28-20(27)17-18(13-7-11-16(12-8-13)26(2)3)29-19(25-17)14-5-9-15(10-6-14)21(22,23)24/h5-12H,4H2,1-3H3. The number of ether oxygens (including phenoxy) is 1. The molecule has 0 aliphatic heterocycles. The van der Waals surface area contributed by atoms with Gasteiger partial charge >= 0.3 is 12.1 Å². The van der Waals surface area contributed by atoms with E-state index < -0.39 is 17.7 Å². The number of halogens is 3. The first-order chi connectivity index (χ1) is 13.7.